The van der Waals surface area contributed by atoms with Crippen molar-refractivity contribution in [2.75, 3.05) is 26.3 Å². The topological polar surface area (TPSA) is 60.2 Å². The second kappa shape index (κ2) is 7.69. The SMILES string of the molecule is Cn1cc(-c2ccc3cnc(CC(=O)C4CCN(C5COC5)CC4)cc3c2)cn1. The van der Waals surface area contributed by atoms with Crippen molar-refractivity contribution in [2.24, 2.45) is 13.0 Å². The Bertz CT molecular complexity index is 1030. The van der Waals surface area contributed by atoms with Crippen LogP contribution in [-0.2, 0) is 23.0 Å². The van der Waals surface area contributed by atoms with Gasteiger partial charge in [0.25, 0.3) is 0 Å². The molecule has 0 N–H and O–H groups in total. The van der Waals surface area contributed by atoms with Gasteiger partial charge in [-0.05, 0) is 49.0 Å². The molecule has 0 spiro atoms. The lowest BCUT2D eigenvalue weighted by Crippen LogP contribution is -2.52. The lowest BCUT2D eigenvalue weighted by molar-refractivity contribution is -0.125. The molecule has 29 heavy (non-hydrogen) atoms. The predicted octanol–water partition coefficient (Wildman–Crippen LogP) is 2.86. The predicted molar refractivity (Wildman–Crippen MR) is 112 cm³/mol. The Morgan fingerprint density at radius 3 is 2.62 bits per heavy atom. The number of nitrogens with zero attached hydrogens (tertiary/aromatic N) is 4. The van der Waals surface area contributed by atoms with Crippen LogP contribution in [0.25, 0.3) is 21.9 Å². The summed E-state index contributed by atoms with van der Waals surface area (Å²) in [4.78, 5) is 19.9. The highest BCUT2D eigenvalue weighted by Crippen LogP contribution is 2.26. The number of ketones is 1. The summed E-state index contributed by atoms with van der Waals surface area (Å²) in [5.74, 6) is 0.483. The summed E-state index contributed by atoms with van der Waals surface area (Å²) in [6.45, 7) is 3.70. The second-order valence-electron chi connectivity index (χ2n) is 8.28. The average molecular weight is 390 g/mol. The number of carbonyl (C=O) groups excluding carboxylic acids is 1. The summed E-state index contributed by atoms with van der Waals surface area (Å²) in [5.41, 5.74) is 3.08. The summed E-state index contributed by atoms with van der Waals surface area (Å²) in [6.07, 6.45) is 8.08. The highest BCUT2D eigenvalue weighted by Gasteiger charge is 2.31. The molecule has 1 aromatic carbocycles. The van der Waals surface area contributed by atoms with E-state index < -0.39 is 0 Å². The lowest BCUT2D eigenvalue weighted by Gasteiger charge is -2.41. The van der Waals surface area contributed by atoms with Gasteiger partial charge in [0.1, 0.15) is 5.78 Å². The van der Waals surface area contributed by atoms with Gasteiger partial charge in [0, 0.05) is 48.4 Å². The average Bonchev–Trinajstić information content (AvgIpc) is 3.13. The zero-order valence-electron chi connectivity index (χ0n) is 16.8. The molecule has 0 radical (unpaired) electrons. The number of rotatable bonds is 5. The highest BCUT2D eigenvalue weighted by atomic mass is 16.5. The summed E-state index contributed by atoms with van der Waals surface area (Å²) >= 11 is 0. The van der Waals surface area contributed by atoms with Gasteiger partial charge in [-0.3, -0.25) is 19.4 Å². The van der Waals surface area contributed by atoms with Gasteiger partial charge in [0.2, 0.25) is 0 Å². The Balaban J connectivity index is 1.28. The third kappa shape index (κ3) is 3.82. The van der Waals surface area contributed by atoms with Crippen molar-refractivity contribution in [1.82, 2.24) is 19.7 Å². The highest BCUT2D eigenvalue weighted by molar-refractivity contribution is 5.88. The maximum Gasteiger partial charge on any atom is 0.142 e. The number of hydrogen-bond acceptors (Lipinski definition) is 5. The molecule has 4 heterocycles. The zero-order chi connectivity index (χ0) is 19.8. The van der Waals surface area contributed by atoms with Crippen LogP contribution in [0.5, 0.6) is 0 Å². The molecule has 2 aliphatic heterocycles. The number of Topliss-reactive ketones (excluding diaryl/α,β-unsaturated/α-hetero) is 1. The van der Waals surface area contributed by atoms with Gasteiger partial charge >= 0.3 is 0 Å². The number of fused-ring (bicyclic) bond motifs is 1. The van der Waals surface area contributed by atoms with E-state index in [0.717, 1.165) is 66.7 Å². The van der Waals surface area contributed by atoms with Crippen molar-refractivity contribution < 1.29 is 9.53 Å². The number of ether oxygens (including phenoxy) is 1. The number of carbonyl (C=O) groups is 1. The molecule has 150 valence electrons. The number of piperidine rings is 1. The smallest absolute Gasteiger partial charge is 0.142 e. The monoisotopic (exact) mass is 390 g/mol. The van der Waals surface area contributed by atoms with Gasteiger partial charge in [0.05, 0.1) is 25.5 Å². The third-order valence-electron chi connectivity index (χ3n) is 6.29. The van der Waals surface area contributed by atoms with E-state index in [0.29, 0.717) is 18.2 Å². The minimum Gasteiger partial charge on any atom is -0.378 e. The van der Waals surface area contributed by atoms with E-state index in [1.54, 1.807) is 4.68 Å². The molecule has 2 saturated heterocycles. The van der Waals surface area contributed by atoms with Crippen LogP contribution in [0.3, 0.4) is 0 Å². The zero-order valence-corrected chi connectivity index (χ0v) is 16.8. The fourth-order valence-corrected chi connectivity index (χ4v) is 4.38. The number of aryl methyl sites for hydroxylation is 1. The number of benzene rings is 1. The lowest BCUT2D eigenvalue weighted by atomic mass is 9.89. The van der Waals surface area contributed by atoms with Gasteiger partial charge in [-0.1, -0.05) is 12.1 Å². The van der Waals surface area contributed by atoms with Crippen LogP contribution in [0.1, 0.15) is 18.5 Å². The first-order chi connectivity index (χ1) is 14.2. The largest absolute Gasteiger partial charge is 0.378 e. The van der Waals surface area contributed by atoms with Crippen LogP contribution in [0, 0.1) is 5.92 Å². The van der Waals surface area contributed by atoms with Crippen molar-refractivity contribution in [2.45, 2.75) is 25.3 Å². The maximum atomic E-state index is 12.9. The number of pyridine rings is 1. The summed E-state index contributed by atoms with van der Waals surface area (Å²) < 4.78 is 7.10. The van der Waals surface area contributed by atoms with Crippen molar-refractivity contribution in [3.05, 3.63) is 48.5 Å². The van der Waals surface area contributed by atoms with E-state index in [-0.39, 0.29) is 5.92 Å². The molecule has 0 amide bonds. The van der Waals surface area contributed by atoms with Gasteiger partial charge in [0.15, 0.2) is 0 Å². The summed E-state index contributed by atoms with van der Waals surface area (Å²) in [6, 6.07) is 8.96. The van der Waals surface area contributed by atoms with Gasteiger partial charge in [-0.15, -0.1) is 0 Å². The van der Waals surface area contributed by atoms with Crippen molar-refractivity contribution >= 4 is 16.6 Å². The standard InChI is InChI=1S/C23H26N4O2/c1-26-13-20(12-25-26)17-2-3-18-11-24-21(9-19(18)8-17)10-23(28)16-4-6-27(7-5-16)22-14-29-15-22/h2-3,8-9,11-13,16,22H,4-7,10,14-15H2,1H3. The van der Waals surface area contributed by atoms with Crippen LogP contribution < -0.4 is 0 Å². The molecular formula is C23H26N4O2. The van der Waals surface area contributed by atoms with Crippen molar-refractivity contribution in [3.63, 3.8) is 0 Å². The maximum absolute atomic E-state index is 12.9. The summed E-state index contributed by atoms with van der Waals surface area (Å²) in [7, 11) is 1.92. The Labute approximate surface area is 170 Å². The first-order valence-corrected chi connectivity index (χ1v) is 10.4. The van der Waals surface area contributed by atoms with E-state index in [4.69, 9.17) is 4.74 Å². The molecule has 0 bridgehead atoms. The molecule has 2 aliphatic rings. The van der Waals surface area contributed by atoms with Gasteiger partial charge < -0.3 is 4.74 Å². The van der Waals surface area contributed by atoms with Crippen LogP contribution in [0.2, 0.25) is 0 Å². The molecule has 0 aliphatic carbocycles. The fraction of sp³-hybridized carbons (Fsp3) is 0.435. The van der Waals surface area contributed by atoms with E-state index in [1.807, 2.05) is 25.6 Å². The molecular weight excluding hydrogens is 364 g/mol. The van der Waals surface area contributed by atoms with Crippen LogP contribution >= 0.6 is 0 Å². The Morgan fingerprint density at radius 2 is 1.93 bits per heavy atom. The number of hydrogen-bond donors (Lipinski definition) is 0. The van der Waals surface area contributed by atoms with Crippen molar-refractivity contribution in [3.8, 4) is 11.1 Å². The van der Waals surface area contributed by atoms with Crippen molar-refractivity contribution in [1.29, 1.82) is 0 Å². The van der Waals surface area contributed by atoms with E-state index >= 15 is 0 Å². The Hall–Kier alpha value is -2.57. The van der Waals surface area contributed by atoms with Crippen LogP contribution in [-0.4, -0.2) is 57.8 Å². The molecule has 0 atom stereocenters. The first-order valence-electron chi connectivity index (χ1n) is 10.4. The molecule has 6 nitrogen and oxygen atoms in total. The fourth-order valence-electron chi connectivity index (χ4n) is 4.38. The van der Waals surface area contributed by atoms with E-state index in [2.05, 4.69) is 39.2 Å². The second-order valence-corrected chi connectivity index (χ2v) is 8.28. The quantitative estimate of drug-likeness (QED) is 0.670. The number of aromatic nitrogens is 3. The minimum absolute atomic E-state index is 0.159. The molecule has 0 saturated carbocycles. The van der Waals surface area contributed by atoms with Crippen LogP contribution in [0.15, 0.2) is 42.9 Å². The van der Waals surface area contributed by atoms with Crippen LogP contribution in [0.4, 0.5) is 0 Å². The molecule has 5 rings (SSSR count). The normalized spacial score (nSPS) is 18.8. The summed E-state index contributed by atoms with van der Waals surface area (Å²) in [5, 5.41) is 6.46. The Kier molecular flexibility index (Phi) is 4.89. The molecule has 3 aromatic rings. The molecule has 6 heteroatoms. The minimum atomic E-state index is 0.159. The van der Waals surface area contributed by atoms with E-state index in [1.165, 1.54) is 0 Å². The molecule has 2 fully saturated rings. The molecule has 2 aromatic heterocycles. The number of likely N-dealkylation sites (tertiary alicyclic amines) is 1. The molecule has 0 unspecified atom stereocenters. The first kappa shape index (κ1) is 18.5. The van der Waals surface area contributed by atoms with Gasteiger partial charge in [-0.25, -0.2) is 0 Å². The Morgan fingerprint density at radius 1 is 1.10 bits per heavy atom. The van der Waals surface area contributed by atoms with Gasteiger partial charge in [-0.2, -0.15) is 5.10 Å². The third-order valence-corrected chi connectivity index (χ3v) is 6.29. The van der Waals surface area contributed by atoms with E-state index in [9.17, 15) is 4.79 Å².